The number of nitrogens with one attached hydrogen (secondary N) is 1. The molecule has 14 heavy (non-hydrogen) atoms. The molecular weight excluding hydrogens is 202 g/mol. The minimum Gasteiger partial charge on any atom is -0.478 e. The third-order valence-electron chi connectivity index (χ3n) is 1.73. The molecule has 0 saturated carbocycles. The van der Waals surface area contributed by atoms with Crippen molar-refractivity contribution in [3.05, 3.63) is 11.3 Å². The van der Waals surface area contributed by atoms with Crippen molar-refractivity contribution in [3.8, 4) is 5.88 Å². The molecule has 4 nitrogen and oxygen atoms in total. The van der Waals surface area contributed by atoms with E-state index in [0.29, 0.717) is 16.9 Å². The molecule has 1 aromatic rings. The molecule has 0 fully saturated rings. The number of rotatable bonds is 5. The van der Waals surface area contributed by atoms with Crippen molar-refractivity contribution >= 4 is 17.4 Å². The quantitative estimate of drug-likeness (QED) is 0.766. The van der Waals surface area contributed by atoms with Crippen molar-refractivity contribution in [3.63, 3.8) is 0 Å². The van der Waals surface area contributed by atoms with Gasteiger partial charge in [0.15, 0.2) is 5.82 Å². The average Bonchev–Trinajstić information content (AvgIpc) is 2.19. The Morgan fingerprint density at radius 2 is 2.36 bits per heavy atom. The van der Waals surface area contributed by atoms with Crippen LogP contribution in [-0.4, -0.2) is 23.6 Å². The van der Waals surface area contributed by atoms with Crippen LogP contribution < -0.4 is 10.1 Å². The maximum atomic E-state index is 5.72. The van der Waals surface area contributed by atoms with Crippen LogP contribution in [0.5, 0.6) is 5.88 Å². The van der Waals surface area contributed by atoms with Crippen molar-refractivity contribution in [2.24, 2.45) is 0 Å². The summed E-state index contributed by atoms with van der Waals surface area (Å²) in [5.74, 6) is 1.08. The minimum absolute atomic E-state index is 0.366. The van der Waals surface area contributed by atoms with Gasteiger partial charge in [-0.3, -0.25) is 0 Å². The van der Waals surface area contributed by atoms with Crippen LogP contribution in [-0.2, 0) is 0 Å². The zero-order chi connectivity index (χ0) is 10.4. The standard InChI is InChI=1S/C9H14ClN3O/c1-3-4-5-11-8-9(14-2)12-6-7(10)13-8/h6H,3-5H2,1-2H3,(H,11,13). The molecule has 0 amide bonds. The monoisotopic (exact) mass is 215 g/mol. The van der Waals surface area contributed by atoms with Gasteiger partial charge in [-0.15, -0.1) is 0 Å². The third-order valence-corrected chi connectivity index (χ3v) is 1.91. The van der Waals surface area contributed by atoms with E-state index in [1.807, 2.05) is 0 Å². The first-order valence-electron chi connectivity index (χ1n) is 4.58. The lowest BCUT2D eigenvalue weighted by atomic mass is 10.3. The Balaban J connectivity index is 2.67. The Morgan fingerprint density at radius 3 is 3.00 bits per heavy atom. The molecule has 0 saturated heterocycles. The molecular formula is C9H14ClN3O. The summed E-state index contributed by atoms with van der Waals surface area (Å²) in [6, 6.07) is 0. The van der Waals surface area contributed by atoms with E-state index in [1.54, 1.807) is 7.11 Å². The number of nitrogens with zero attached hydrogens (tertiary/aromatic N) is 2. The Bertz CT molecular complexity index is 293. The molecule has 1 N–H and O–H groups in total. The van der Waals surface area contributed by atoms with Crippen LogP contribution in [0.3, 0.4) is 0 Å². The van der Waals surface area contributed by atoms with Crippen molar-refractivity contribution in [2.45, 2.75) is 19.8 Å². The SMILES string of the molecule is CCCCNc1nc(Cl)cnc1OC. The second kappa shape index (κ2) is 5.65. The highest BCUT2D eigenvalue weighted by atomic mass is 35.5. The molecule has 0 aliphatic rings. The fourth-order valence-electron chi connectivity index (χ4n) is 1.00. The van der Waals surface area contributed by atoms with E-state index in [0.717, 1.165) is 19.4 Å². The van der Waals surface area contributed by atoms with Crippen LogP contribution in [0.2, 0.25) is 5.15 Å². The molecule has 0 radical (unpaired) electrons. The van der Waals surface area contributed by atoms with Crippen molar-refractivity contribution in [1.29, 1.82) is 0 Å². The predicted octanol–water partition coefficient (Wildman–Crippen LogP) is 2.35. The summed E-state index contributed by atoms with van der Waals surface area (Å²) < 4.78 is 5.04. The van der Waals surface area contributed by atoms with E-state index in [9.17, 15) is 0 Å². The van der Waals surface area contributed by atoms with Gasteiger partial charge in [0.1, 0.15) is 5.15 Å². The summed E-state index contributed by atoms with van der Waals surface area (Å²) in [7, 11) is 1.56. The first-order chi connectivity index (χ1) is 6.77. The number of anilines is 1. The fourth-order valence-corrected chi connectivity index (χ4v) is 1.14. The lowest BCUT2D eigenvalue weighted by molar-refractivity contribution is 0.398. The lowest BCUT2D eigenvalue weighted by Crippen LogP contribution is -2.05. The molecule has 0 aromatic carbocycles. The number of aromatic nitrogens is 2. The van der Waals surface area contributed by atoms with Gasteiger partial charge in [-0.2, -0.15) is 0 Å². The predicted molar refractivity (Wildman–Crippen MR) is 57.0 cm³/mol. The Labute approximate surface area is 88.7 Å². The maximum absolute atomic E-state index is 5.72. The maximum Gasteiger partial charge on any atom is 0.257 e. The summed E-state index contributed by atoms with van der Waals surface area (Å²) in [6.07, 6.45) is 3.67. The molecule has 0 unspecified atom stereocenters. The van der Waals surface area contributed by atoms with Gasteiger partial charge >= 0.3 is 0 Å². The van der Waals surface area contributed by atoms with E-state index in [2.05, 4.69) is 22.2 Å². The van der Waals surface area contributed by atoms with Gasteiger partial charge in [0.2, 0.25) is 0 Å². The van der Waals surface area contributed by atoms with Gasteiger partial charge in [-0.25, -0.2) is 9.97 Å². The van der Waals surface area contributed by atoms with Gasteiger partial charge in [-0.05, 0) is 6.42 Å². The minimum atomic E-state index is 0.366. The smallest absolute Gasteiger partial charge is 0.257 e. The Kier molecular flexibility index (Phi) is 4.46. The summed E-state index contributed by atoms with van der Waals surface area (Å²) in [5, 5.41) is 3.49. The highest BCUT2D eigenvalue weighted by Gasteiger charge is 2.05. The summed E-state index contributed by atoms with van der Waals surface area (Å²) in [6.45, 7) is 2.98. The fraction of sp³-hybridized carbons (Fsp3) is 0.556. The summed E-state index contributed by atoms with van der Waals surface area (Å²) >= 11 is 5.72. The zero-order valence-electron chi connectivity index (χ0n) is 8.38. The van der Waals surface area contributed by atoms with Gasteiger partial charge in [0.05, 0.1) is 13.3 Å². The molecule has 1 rings (SSSR count). The van der Waals surface area contributed by atoms with Crippen LogP contribution in [0.1, 0.15) is 19.8 Å². The van der Waals surface area contributed by atoms with Crippen LogP contribution >= 0.6 is 11.6 Å². The largest absolute Gasteiger partial charge is 0.478 e. The first kappa shape index (κ1) is 11.0. The van der Waals surface area contributed by atoms with E-state index in [4.69, 9.17) is 16.3 Å². The van der Waals surface area contributed by atoms with Crippen LogP contribution in [0.4, 0.5) is 5.82 Å². The number of hydrogen-bond donors (Lipinski definition) is 1. The summed E-state index contributed by atoms with van der Waals surface area (Å²) in [5.41, 5.74) is 0. The highest BCUT2D eigenvalue weighted by Crippen LogP contribution is 2.20. The topological polar surface area (TPSA) is 47.0 Å². The molecule has 0 aliphatic carbocycles. The molecule has 0 atom stereocenters. The van der Waals surface area contributed by atoms with Crippen LogP contribution in [0.25, 0.3) is 0 Å². The van der Waals surface area contributed by atoms with E-state index in [-0.39, 0.29) is 0 Å². The molecule has 0 bridgehead atoms. The molecule has 1 heterocycles. The number of hydrogen-bond acceptors (Lipinski definition) is 4. The number of methoxy groups -OCH3 is 1. The second-order valence-corrected chi connectivity index (χ2v) is 3.22. The number of unbranched alkanes of at least 4 members (excludes halogenated alkanes) is 1. The van der Waals surface area contributed by atoms with Crippen molar-refractivity contribution < 1.29 is 4.74 Å². The lowest BCUT2D eigenvalue weighted by Gasteiger charge is -2.08. The van der Waals surface area contributed by atoms with Gasteiger partial charge < -0.3 is 10.1 Å². The van der Waals surface area contributed by atoms with Gasteiger partial charge in [-0.1, -0.05) is 24.9 Å². The Morgan fingerprint density at radius 1 is 1.57 bits per heavy atom. The van der Waals surface area contributed by atoms with E-state index < -0.39 is 0 Å². The van der Waals surface area contributed by atoms with Gasteiger partial charge in [0, 0.05) is 6.54 Å². The third kappa shape index (κ3) is 3.03. The normalized spacial score (nSPS) is 9.93. The van der Waals surface area contributed by atoms with Crippen molar-refractivity contribution in [1.82, 2.24) is 9.97 Å². The van der Waals surface area contributed by atoms with Crippen LogP contribution in [0.15, 0.2) is 6.20 Å². The van der Waals surface area contributed by atoms with E-state index >= 15 is 0 Å². The molecule has 0 aliphatic heterocycles. The Hall–Kier alpha value is -1.03. The van der Waals surface area contributed by atoms with Gasteiger partial charge in [0.25, 0.3) is 5.88 Å². The van der Waals surface area contributed by atoms with Crippen molar-refractivity contribution in [2.75, 3.05) is 19.0 Å². The molecule has 5 heteroatoms. The molecule has 78 valence electrons. The zero-order valence-corrected chi connectivity index (χ0v) is 9.14. The number of ether oxygens (including phenoxy) is 1. The molecule has 1 aromatic heterocycles. The second-order valence-electron chi connectivity index (χ2n) is 2.83. The highest BCUT2D eigenvalue weighted by molar-refractivity contribution is 6.29. The van der Waals surface area contributed by atoms with Crippen LogP contribution in [0, 0.1) is 0 Å². The first-order valence-corrected chi connectivity index (χ1v) is 4.96. The number of halogens is 1. The molecule has 0 spiro atoms. The van der Waals surface area contributed by atoms with E-state index in [1.165, 1.54) is 6.20 Å². The summed E-state index contributed by atoms with van der Waals surface area (Å²) in [4.78, 5) is 8.08. The average molecular weight is 216 g/mol.